The Morgan fingerprint density at radius 2 is 2.00 bits per heavy atom. The molecule has 0 saturated heterocycles. The SMILES string of the molecule is COc1cc([N+](=O)[O-])ccc1NC(=O)[C@H](C)Sc1n[nH]c(-c2ccc(C)cc2)n1. The van der Waals surface area contributed by atoms with Crippen molar-refractivity contribution in [1.29, 1.82) is 0 Å². The van der Waals surface area contributed by atoms with Gasteiger partial charge in [-0.15, -0.1) is 5.10 Å². The van der Waals surface area contributed by atoms with E-state index in [4.69, 9.17) is 4.74 Å². The Hall–Kier alpha value is -3.40. The van der Waals surface area contributed by atoms with Crippen molar-refractivity contribution in [3.8, 4) is 17.1 Å². The molecule has 3 rings (SSSR count). The summed E-state index contributed by atoms with van der Waals surface area (Å²) in [6, 6.07) is 11.9. The number of thioether (sulfide) groups is 1. The molecule has 1 atom stereocenters. The van der Waals surface area contributed by atoms with Crippen LogP contribution in [0.15, 0.2) is 47.6 Å². The lowest BCUT2D eigenvalue weighted by Gasteiger charge is -2.13. The molecule has 1 aromatic heterocycles. The normalized spacial score (nSPS) is 11.7. The maximum Gasteiger partial charge on any atom is 0.273 e. The Morgan fingerprint density at radius 1 is 1.28 bits per heavy atom. The maximum absolute atomic E-state index is 12.5. The molecule has 0 unspecified atom stereocenters. The van der Waals surface area contributed by atoms with Gasteiger partial charge in [0, 0.05) is 11.6 Å². The summed E-state index contributed by atoms with van der Waals surface area (Å²) in [6.45, 7) is 3.73. The fourth-order valence-corrected chi connectivity index (χ4v) is 3.21. The first-order valence-electron chi connectivity index (χ1n) is 8.66. The summed E-state index contributed by atoms with van der Waals surface area (Å²) in [4.78, 5) is 27.3. The molecule has 29 heavy (non-hydrogen) atoms. The monoisotopic (exact) mass is 413 g/mol. The van der Waals surface area contributed by atoms with E-state index in [9.17, 15) is 14.9 Å². The highest BCUT2D eigenvalue weighted by Crippen LogP contribution is 2.30. The summed E-state index contributed by atoms with van der Waals surface area (Å²) < 4.78 is 5.14. The number of carbonyl (C=O) groups is 1. The fraction of sp³-hybridized carbons (Fsp3) is 0.211. The Morgan fingerprint density at radius 3 is 2.66 bits per heavy atom. The number of aryl methyl sites for hydroxylation is 1. The summed E-state index contributed by atoms with van der Waals surface area (Å²) in [5.74, 6) is 0.533. The third-order valence-electron chi connectivity index (χ3n) is 4.10. The maximum atomic E-state index is 12.5. The van der Waals surface area contributed by atoms with E-state index in [-0.39, 0.29) is 17.3 Å². The molecular formula is C19H19N5O4S. The van der Waals surface area contributed by atoms with Gasteiger partial charge in [-0.2, -0.15) is 0 Å². The largest absolute Gasteiger partial charge is 0.494 e. The first kappa shape index (κ1) is 20.3. The number of H-pyrrole nitrogens is 1. The zero-order valence-corrected chi connectivity index (χ0v) is 16.8. The number of amides is 1. The van der Waals surface area contributed by atoms with Crippen molar-refractivity contribution in [2.24, 2.45) is 0 Å². The number of nitro benzene ring substituents is 1. The van der Waals surface area contributed by atoms with Gasteiger partial charge in [-0.1, -0.05) is 41.6 Å². The molecular weight excluding hydrogens is 394 g/mol. The minimum Gasteiger partial charge on any atom is -0.494 e. The van der Waals surface area contributed by atoms with E-state index < -0.39 is 10.2 Å². The van der Waals surface area contributed by atoms with Crippen LogP contribution < -0.4 is 10.1 Å². The molecule has 3 aromatic rings. The van der Waals surface area contributed by atoms with Crippen molar-refractivity contribution in [2.45, 2.75) is 24.3 Å². The molecule has 0 aliphatic carbocycles. The molecule has 0 radical (unpaired) electrons. The van der Waals surface area contributed by atoms with Crippen molar-refractivity contribution in [3.63, 3.8) is 0 Å². The Balaban J connectivity index is 1.67. The van der Waals surface area contributed by atoms with Crippen molar-refractivity contribution in [2.75, 3.05) is 12.4 Å². The van der Waals surface area contributed by atoms with Crippen molar-refractivity contribution >= 4 is 29.0 Å². The van der Waals surface area contributed by atoms with Gasteiger partial charge in [0.2, 0.25) is 11.1 Å². The highest BCUT2D eigenvalue weighted by Gasteiger charge is 2.20. The lowest BCUT2D eigenvalue weighted by atomic mass is 10.1. The summed E-state index contributed by atoms with van der Waals surface area (Å²) >= 11 is 1.20. The van der Waals surface area contributed by atoms with Crippen molar-refractivity contribution in [3.05, 3.63) is 58.1 Å². The van der Waals surface area contributed by atoms with E-state index in [2.05, 4.69) is 20.5 Å². The predicted molar refractivity (Wildman–Crippen MR) is 110 cm³/mol. The first-order valence-corrected chi connectivity index (χ1v) is 9.54. The Kier molecular flexibility index (Phi) is 6.13. The van der Waals surface area contributed by atoms with Gasteiger partial charge in [0.25, 0.3) is 5.69 Å². The molecule has 0 bridgehead atoms. The number of anilines is 1. The summed E-state index contributed by atoms with van der Waals surface area (Å²) in [5.41, 5.74) is 2.29. The second-order valence-electron chi connectivity index (χ2n) is 6.22. The Labute approximate surface area is 171 Å². The van der Waals surface area contributed by atoms with Crippen LogP contribution in [0.2, 0.25) is 0 Å². The van der Waals surface area contributed by atoms with Gasteiger partial charge >= 0.3 is 0 Å². The molecule has 0 aliphatic heterocycles. The van der Waals surface area contributed by atoms with E-state index in [0.717, 1.165) is 11.1 Å². The number of benzene rings is 2. The number of nitro groups is 1. The summed E-state index contributed by atoms with van der Waals surface area (Å²) in [7, 11) is 1.38. The van der Waals surface area contributed by atoms with Crippen LogP contribution in [0, 0.1) is 17.0 Å². The highest BCUT2D eigenvalue weighted by atomic mass is 32.2. The van der Waals surface area contributed by atoms with Crippen LogP contribution in [0.4, 0.5) is 11.4 Å². The number of ether oxygens (including phenoxy) is 1. The molecule has 0 fully saturated rings. The number of rotatable bonds is 7. The van der Waals surface area contributed by atoms with Crippen LogP contribution in [0.3, 0.4) is 0 Å². The van der Waals surface area contributed by atoms with Gasteiger partial charge < -0.3 is 10.1 Å². The van der Waals surface area contributed by atoms with Crippen LogP contribution in [0.5, 0.6) is 5.75 Å². The van der Waals surface area contributed by atoms with E-state index >= 15 is 0 Å². The van der Waals surface area contributed by atoms with E-state index in [1.165, 1.54) is 37.1 Å². The van der Waals surface area contributed by atoms with Gasteiger partial charge in [-0.25, -0.2) is 4.98 Å². The molecule has 2 aromatic carbocycles. The van der Waals surface area contributed by atoms with Crippen LogP contribution in [0.1, 0.15) is 12.5 Å². The molecule has 1 amide bonds. The number of aromatic nitrogens is 3. The standard InChI is InChI=1S/C19H19N5O4S/c1-11-4-6-13(7-5-11)17-21-19(23-22-17)29-12(2)18(25)20-15-9-8-14(24(26)27)10-16(15)28-3/h4-10,12H,1-3H3,(H,20,25)(H,21,22,23)/t12-/m0/s1. The molecule has 0 saturated carbocycles. The van der Waals surface area contributed by atoms with Crippen LogP contribution in [0.25, 0.3) is 11.4 Å². The average molecular weight is 413 g/mol. The van der Waals surface area contributed by atoms with Crippen molar-refractivity contribution < 1.29 is 14.5 Å². The third kappa shape index (κ3) is 4.91. The second kappa shape index (κ2) is 8.74. The number of hydrogen-bond acceptors (Lipinski definition) is 7. The van der Waals surface area contributed by atoms with E-state index in [0.29, 0.717) is 16.7 Å². The quantitative estimate of drug-likeness (QED) is 0.343. The molecule has 2 N–H and O–H groups in total. The summed E-state index contributed by atoms with van der Waals surface area (Å²) in [6.07, 6.45) is 0. The molecule has 1 heterocycles. The lowest BCUT2D eigenvalue weighted by molar-refractivity contribution is -0.384. The van der Waals surface area contributed by atoms with Gasteiger partial charge in [0.15, 0.2) is 5.82 Å². The van der Waals surface area contributed by atoms with Gasteiger partial charge in [-0.05, 0) is 19.9 Å². The van der Waals surface area contributed by atoms with Gasteiger partial charge in [0.05, 0.1) is 29.0 Å². The number of carbonyl (C=O) groups excluding carboxylic acids is 1. The molecule has 0 aliphatic rings. The molecule has 0 spiro atoms. The molecule has 150 valence electrons. The topological polar surface area (TPSA) is 123 Å². The number of non-ortho nitro benzene ring substituents is 1. The van der Waals surface area contributed by atoms with E-state index in [1.807, 2.05) is 31.2 Å². The van der Waals surface area contributed by atoms with Gasteiger partial charge in [0.1, 0.15) is 5.75 Å². The minimum atomic E-state index is -0.526. The minimum absolute atomic E-state index is 0.119. The number of hydrogen-bond donors (Lipinski definition) is 2. The first-order chi connectivity index (χ1) is 13.9. The predicted octanol–water partition coefficient (Wildman–Crippen LogP) is 3.82. The van der Waals surface area contributed by atoms with Crippen LogP contribution in [-0.2, 0) is 4.79 Å². The number of aromatic amines is 1. The number of nitrogens with one attached hydrogen (secondary N) is 2. The van der Waals surface area contributed by atoms with Crippen LogP contribution in [-0.4, -0.2) is 38.4 Å². The second-order valence-corrected chi connectivity index (χ2v) is 7.53. The lowest BCUT2D eigenvalue weighted by Crippen LogP contribution is -2.22. The third-order valence-corrected chi connectivity index (χ3v) is 5.06. The fourth-order valence-electron chi connectivity index (χ4n) is 2.48. The Bertz CT molecular complexity index is 1040. The van der Waals surface area contributed by atoms with Crippen LogP contribution >= 0.6 is 11.8 Å². The molecule has 10 heteroatoms. The molecule has 9 nitrogen and oxygen atoms in total. The smallest absolute Gasteiger partial charge is 0.273 e. The zero-order chi connectivity index (χ0) is 21.0. The average Bonchev–Trinajstić information content (AvgIpc) is 3.17. The van der Waals surface area contributed by atoms with E-state index in [1.54, 1.807) is 6.92 Å². The van der Waals surface area contributed by atoms with Crippen molar-refractivity contribution in [1.82, 2.24) is 15.2 Å². The zero-order valence-electron chi connectivity index (χ0n) is 16.0. The summed E-state index contributed by atoms with van der Waals surface area (Å²) in [5, 5.41) is 20.6. The highest BCUT2D eigenvalue weighted by molar-refractivity contribution is 8.00. The van der Waals surface area contributed by atoms with Gasteiger partial charge in [-0.3, -0.25) is 20.0 Å². The number of nitrogens with zero attached hydrogens (tertiary/aromatic N) is 3. The number of methoxy groups -OCH3 is 1.